The van der Waals surface area contributed by atoms with Crippen molar-refractivity contribution >= 4 is 27.8 Å². The molecule has 1 saturated heterocycles. The number of fused-ring (bicyclic) bond motifs is 2. The Morgan fingerprint density at radius 2 is 1.97 bits per heavy atom. The van der Waals surface area contributed by atoms with Gasteiger partial charge in [-0.25, -0.2) is 4.79 Å². The molecule has 1 N–H and O–H groups in total. The SMILES string of the molecule is Cc1c(CC(=O)NC[C@@H]2CCCO2)c(=O)oc2cc3occ(-c4ccccc4)c3cc12. The third kappa shape index (κ3) is 3.75. The number of amides is 1. The molecule has 1 aliphatic heterocycles. The maximum absolute atomic E-state index is 12.6. The molecule has 6 nitrogen and oxygen atoms in total. The van der Waals surface area contributed by atoms with Crippen LogP contribution in [0.5, 0.6) is 0 Å². The molecule has 1 amide bonds. The molecule has 0 bridgehead atoms. The molecule has 6 heteroatoms. The van der Waals surface area contributed by atoms with Gasteiger partial charge in [0.15, 0.2) is 0 Å². The van der Waals surface area contributed by atoms with Gasteiger partial charge in [0, 0.05) is 35.6 Å². The Hall–Kier alpha value is -3.38. The minimum atomic E-state index is -0.494. The van der Waals surface area contributed by atoms with Crippen LogP contribution in [-0.4, -0.2) is 25.2 Å². The zero-order valence-electron chi connectivity index (χ0n) is 17.3. The van der Waals surface area contributed by atoms with E-state index >= 15 is 0 Å². The van der Waals surface area contributed by atoms with Crippen LogP contribution in [0.2, 0.25) is 0 Å². The van der Waals surface area contributed by atoms with Crippen LogP contribution in [0.3, 0.4) is 0 Å². The Balaban J connectivity index is 1.50. The second-order valence-corrected chi connectivity index (χ2v) is 7.97. The highest BCUT2D eigenvalue weighted by molar-refractivity contribution is 6.02. The van der Waals surface area contributed by atoms with Crippen molar-refractivity contribution < 1.29 is 18.4 Å². The van der Waals surface area contributed by atoms with E-state index in [9.17, 15) is 9.59 Å². The Morgan fingerprint density at radius 1 is 1.13 bits per heavy atom. The number of rotatable bonds is 5. The van der Waals surface area contributed by atoms with Gasteiger partial charge in [-0.05, 0) is 37.0 Å². The first kappa shape index (κ1) is 19.6. The second kappa shape index (κ2) is 8.04. The Bertz CT molecular complexity index is 1310. The summed E-state index contributed by atoms with van der Waals surface area (Å²) < 4.78 is 16.8. The van der Waals surface area contributed by atoms with E-state index in [4.69, 9.17) is 13.6 Å². The molecular weight excluding hydrogens is 394 g/mol. The van der Waals surface area contributed by atoms with E-state index in [1.165, 1.54) is 0 Å². The third-order valence-electron chi connectivity index (χ3n) is 5.95. The number of hydrogen-bond acceptors (Lipinski definition) is 5. The van der Waals surface area contributed by atoms with Gasteiger partial charge < -0.3 is 18.9 Å². The molecule has 5 rings (SSSR count). The molecule has 0 aliphatic carbocycles. The van der Waals surface area contributed by atoms with Gasteiger partial charge in [-0.1, -0.05) is 30.3 Å². The lowest BCUT2D eigenvalue weighted by Crippen LogP contribution is -2.34. The minimum absolute atomic E-state index is 0.0220. The summed E-state index contributed by atoms with van der Waals surface area (Å²) in [5, 5.41) is 4.61. The first-order valence-corrected chi connectivity index (χ1v) is 10.5. The van der Waals surface area contributed by atoms with Crippen LogP contribution in [-0.2, 0) is 16.0 Å². The number of aryl methyl sites for hydroxylation is 1. The number of carbonyl (C=O) groups is 1. The Labute approximate surface area is 178 Å². The summed E-state index contributed by atoms with van der Waals surface area (Å²) in [5.74, 6) is -0.209. The zero-order valence-corrected chi connectivity index (χ0v) is 17.3. The van der Waals surface area contributed by atoms with Crippen molar-refractivity contribution in [3.05, 3.63) is 70.3 Å². The van der Waals surface area contributed by atoms with E-state index in [0.717, 1.165) is 46.9 Å². The molecule has 0 radical (unpaired) electrons. The van der Waals surface area contributed by atoms with Crippen LogP contribution >= 0.6 is 0 Å². The largest absolute Gasteiger partial charge is 0.464 e. The van der Waals surface area contributed by atoms with Crippen molar-refractivity contribution in [2.24, 2.45) is 0 Å². The van der Waals surface area contributed by atoms with Gasteiger partial charge in [-0.15, -0.1) is 0 Å². The van der Waals surface area contributed by atoms with E-state index in [2.05, 4.69) is 5.32 Å². The molecule has 0 saturated carbocycles. The lowest BCUT2D eigenvalue weighted by molar-refractivity contribution is -0.121. The molecule has 1 aliphatic rings. The predicted molar refractivity (Wildman–Crippen MR) is 118 cm³/mol. The summed E-state index contributed by atoms with van der Waals surface area (Å²) in [6.07, 6.45) is 3.71. The number of carbonyl (C=O) groups excluding carboxylic acids is 1. The quantitative estimate of drug-likeness (QED) is 0.488. The van der Waals surface area contributed by atoms with Crippen molar-refractivity contribution in [1.29, 1.82) is 0 Å². The summed E-state index contributed by atoms with van der Waals surface area (Å²) in [5.41, 5.74) is 3.75. The summed E-state index contributed by atoms with van der Waals surface area (Å²) >= 11 is 0. The molecule has 4 aromatic rings. The number of furan rings is 1. The molecule has 3 heterocycles. The number of hydrogen-bond donors (Lipinski definition) is 1. The van der Waals surface area contributed by atoms with Crippen molar-refractivity contribution in [1.82, 2.24) is 5.32 Å². The highest BCUT2D eigenvalue weighted by Gasteiger charge is 2.20. The molecule has 2 aromatic heterocycles. The van der Waals surface area contributed by atoms with E-state index in [0.29, 0.717) is 23.3 Å². The summed E-state index contributed by atoms with van der Waals surface area (Å²) in [4.78, 5) is 25.1. The van der Waals surface area contributed by atoms with Gasteiger partial charge in [-0.2, -0.15) is 0 Å². The maximum atomic E-state index is 12.6. The topological polar surface area (TPSA) is 81.7 Å². The Kier molecular flexibility index (Phi) is 5.08. The van der Waals surface area contributed by atoms with Crippen LogP contribution in [0.25, 0.3) is 33.1 Å². The van der Waals surface area contributed by atoms with E-state index in [1.807, 2.05) is 43.3 Å². The molecule has 0 unspecified atom stereocenters. The lowest BCUT2D eigenvalue weighted by Gasteiger charge is -2.12. The summed E-state index contributed by atoms with van der Waals surface area (Å²) in [6.45, 7) is 3.06. The van der Waals surface area contributed by atoms with Gasteiger partial charge in [0.05, 0.1) is 24.4 Å². The van der Waals surface area contributed by atoms with Crippen LogP contribution in [0.1, 0.15) is 24.0 Å². The van der Waals surface area contributed by atoms with Crippen molar-refractivity contribution in [3.63, 3.8) is 0 Å². The van der Waals surface area contributed by atoms with Crippen LogP contribution in [0.15, 0.2) is 62.4 Å². The molecule has 0 spiro atoms. The first-order chi connectivity index (χ1) is 15.1. The van der Waals surface area contributed by atoms with Crippen molar-refractivity contribution in [2.45, 2.75) is 32.3 Å². The molecule has 158 valence electrons. The highest BCUT2D eigenvalue weighted by Crippen LogP contribution is 2.34. The molecule has 1 atom stereocenters. The number of benzene rings is 2. The molecule has 1 fully saturated rings. The Morgan fingerprint density at radius 3 is 2.74 bits per heavy atom. The summed E-state index contributed by atoms with van der Waals surface area (Å²) in [7, 11) is 0. The van der Waals surface area contributed by atoms with E-state index < -0.39 is 5.63 Å². The zero-order chi connectivity index (χ0) is 21.4. The number of ether oxygens (including phenoxy) is 1. The average molecular weight is 417 g/mol. The maximum Gasteiger partial charge on any atom is 0.340 e. The van der Waals surface area contributed by atoms with Gasteiger partial charge in [0.2, 0.25) is 5.91 Å². The van der Waals surface area contributed by atoms with Crippen LogP contribution in [0.4, 0.5) is 0 Å². The fourth-order valence-corrected chi connectivity index (χ4v) is 4.21. The molecule has 2 aromatic carbocycles. The van der Waals surface area contributed by atoms with Gasteiger partial charge in [-0.3, -0.25) is 4.79 Å². The van der Waals surface area contributed by atoms with E-state index in [-0.39, 0.29) is 18.4 Å². The van der Waals surface area contributed by atoms with Crippen LogP contribution in [0, 0.1) is 6.92 Å². The second-order valence-electron chi connectivity index (χ2n) is 7.97. The standard InChI is InChI=1S/C25H23NO5/c1-15-18-10-20-21(16-6-3-2-4-7-16)14-30-22(20)12-23(18)31-25(28)19(15)11-24(27)26-13-17-8-5-9-29-17/h2-4,6-7,10,12,14,17H,5,8-9,11,13H2,1H3,(H,26,27)/t17-/m0/s1. The molecule has 31 heavy (non-hydrogen) atoms. The van der Waals surface area contributed by atoms with E-state index in [1.54, 1.807) is 12.3 Å². The van der Waals surface area contributed by atoms with Gasteiger partial charge in [0.1, 0.15) is 11.2 Å². The van der Waals surface area contributed by atoms with Crippen molar-refractivity contribution in [2.75, 3.05) is 13.2 Å². The number of nitrogens with one attached hydrogen (secondary N) is 1. The predicted octanol–water partition coefficient (Wildman–Crippen LogP) is 4.35. The first-order valence-electron chi connectivity index (χ1n) is 10.5. The van der Waals surface area contributed by atoms with Crippen molar-refractivity contribution in [3.8, 4) is 11.1 Å². The van der Waals surface area contributed by atoms with Gasteiger partial charge in [0.25, 0.3) is 0 Å². The lowest BCUT2D eigenvalue weighted by atomic mass is 9.99. The summed E-state index contributed by atoms with van der Waals surface area (Å²) in [6, 6.07) is 13.7. The van der Waals surface area contributed by atoms with Gasteiger partial charge >= 0.3 is 5.63 Å². The van der Waals surface area contributed by atoms with Crippen LogP contribution < -0.4 is 10.9 Å². The highest BCUT2D eigenvalue weighted by atomic mass is 16.5. The third-order valence-corrected chi connectivity index (χ3v) is 5.95. The average Bonchev–Trinajstić information content (AvgIpc) is 3.44. The fourth-order valence-electron chi connectivity index (χ4n) is 4.21. The molecular formula is C25H23NO5. The normalized spacial score (nSPS) is 16.2. The minimum Gasteiger partial charge on any atom is -0.464 e. The fraction of sp³-hybridized carbons (Fsp3) is 0.280. The smallest absolute Gasteiger partial charge is 0.340 e. The monoisotopic (exact) mass is 417 g/mol.